The van der Waals surface area contributed by atoms with Gasteiger partial charge < -0.3 is 10.1 Å². The maximum atomic E-state index is 12.3. The van der Waals surface area contributed by atoms with Crippen molar-refractivity contribution in [3.05, 3.63) is 29.3 Å². The Bertz CT molecular complexity index is 492. The van der Waals surface area contributed by atoms with Crippen molar-refractivity contribution in [2.45, 2.75) is 56.8 Å². The van der Waals surface area contributed by atoms with Crippen LogP contribution >= 0.6 is 23.4 Å². The predicted molar refractivity (Wildman–Crippen MR) is 98.5 cm³/mol. The summed E-state index contributed by atoms with van der Waals surface area (Å²) in [6.45, 7) is 2.64. The molecular weight excluding hydrogens is 330 g/mol. The highest BCUT2D eigenvalue weighted by atomic mass is 35.5. The number of nitrogens with one attached hydrogen (secondary N) is 1. The number of hydrogen-bond acceptors (Lipinski definition) is 3. The topological polar surface area (TPSA) is 38.3 Å². The predicted octanol–water partition coefficient (Wildman–Crippen LogP) is 4.68. The van der Waals surface area contributed by atoms with Gasteiger partial charge in [-0.3, -0.25) is 4.79 Å². The molecule has 0 aliphatic heterocycles. The van der Waals surface area contributed by atoms with Crippen molar-refractivity contribution in [2.24, 2.45) is 0 Å². The zero-order valence-corrected chi connectivity index (χ0v) is 15.3. The largest absolute Gasteiger partial charge is 0.479 e. The van der Waals surface area contributed by atoms with Crippen molar-refractivity contribution in [3.63, 3.8) is 0 Å². The second kappa shape index (κ2) is 10.1. The molecule has 1 aliphatic carbocycles. The highest BCUT2D eigenvalue weighted by Gasteiger charge is 2.19. The smallest absolute Gasteiger partial charge is 0.261 e. The number of rotatable bonds is 8. The molecule has 128 valence electrons. The minimum atomic E-state index is -0.491. The molecule has 0 bridgehead atoms. The summed E-state index contributed by atoms with van der Waals surface area (Å²) in [6, 6.07) is 7.25. The average molecular weight is 356 g/mol. The van der Waals surface area contributed by atoms with Crippen LogP contribution in [0.25, 0.3) is 0 Å². The summed E-state index contributed by atoms with van der Waals surface area (Å²) >= 11 is 8.07. The van der Waals surface area contributed by atoms with Gasteiger partial charge in [-0.25, -0.2) is 0 Å². The first-order chi connectivity index (χ1) is 11.2. The molecule has 1 aromatic rings. The van der Waals surface area contributed by atoms with Gasteiger partial charge in [0, 0.05) is 17.5 Å². The van der Waals surface area contributed by atoms with Crippen molar-refractivity contribution in [1.29, 1.82) is 0 Å². The van der Waals surface area contributed by atoms with Crippen LogP contribution in [0.4, 0.5) is 0 Å². The normalized spacial score (nSPS) is 16.8. The van der Waals surface area contributed by atoms with Crippen LogP contribution in [0.1, 0.15) is 45.4 Å². The standard InChI is InChI=1S/C18H26ClNO2S/c1-2-16(22-17-11-7-6-10-15(17)19)18(21)20-12-13-23-14-8-4-3-5-9-14/h6-7,10-11,14,16H,2-5,8-9,12-13H2,1H3,(H,20,21)/t16-/m0/s1. The molecule has 0 unspecified atom stereocenters. The molecule has 1 aromatic carbocycles. The Morgan fingerprint density at radius 1 is 1.35 bits per heavy atom. The van der Waals surface area contributed by atoms with Crippen molar-refractivity contribution < 1.29 is 9.53 Å². The first kappa shape index (κ1) is 18.5. The molecule has 5 heteroatoms. The Morgan fingerprint density at radius 2 is 2.09 bits per heavy atom. The second-order valence-corrected chi connectivity index (χ2v) is 7.68. The third kappa shape index (κ3) is 6.27. The average Bonchev–Trinajstić information content (AvgIpc) is 2.59. The molecule has 1 atom stereocenters. The van der Waals surface area contributed by atoms with E-state index in [1.165, 1.54) is 32.1 Å². The molecule has 23 heavy (non-hydrogen) atoms. The molecule has 3 nitrogen and oxygen atoms in total. The fourth-order valence-electron chi connectivity index (χ4n) is 2.76. The fourth-order valence-corrected chi connectivity index (χ4v) is 4.16. The van der Waals surface area contributed by atoms with E-state index in [1.54, 1.807) is 12.1 Å². The number of carbonyl (C=O) groups excluding carboxylic acids is 1. The van der Waals surface area contributed by atoms with Crippen LogP contribution in [0.3, 0.4) is 0 Å². The number of amides is 1. The lowest BCUT2D eigenvalue weighted by molar-refractivity contribution is -0.127. The molecule has 0 aromatic heterocycles. The van der Waals surface area contributed by atoms with Gasteiger partial charge in [0.2, 0.25) is 0 Å². The minimum Gasteiger partial charge on any atom is -0.479 e. The van der Waals surface area contributed by atoms with Crippen molar-refractivity contribution in [2.75, 3.05) is 12.3 Å². The van der Waals surface area contributed by atoms with Gasteiger partial charge in [-0.05, 0) is 31.4 Å². The lowest BCUT2D eigenvalue weighted by Crippen LogP contribution is -2.39. The number of ether oxygens (including phenoxy) is 1. The third-order valence-electron chi connectivity index (χ3n) is 4.08. The van der Waals surface area contributed by atoms with E-state index in [9.17, 15) is 4.79 Å². The Labute approximate surface area is 148 Å². The number of para-hydroxylation sites is 1. The molecule has 1 fully saturated rings. The highest BCUT2D eigenvalue weighted by molar-refractivity contribution is 7.99. The van der Waals surface area contributed by atoms with Crippen LogP contribution in [-0.4, -0.2) is 29.6 Å². The van der Waals surface area contributed by atoms with Crippen LogP contribution < -0.4 is 10.1 Å². The van der Waals surface area contributed by atoms with E-state index >= 15 is 0 Å². The van der Waals surface area contributed by atoms with Gasteiger partial charge in [0.25, 0.3) is 5.91 Å². The van der Waals surface area contributed by atoms with Crippen LogP contribution in [-0.2, 0) is 4.79 Å². The van der Waals surface area contributed by atoms with Crippen LogP contribution in [0, 0.1) is 0 Å². The van der Waals surface area contributed by atoms with Gasteiger partial charge in [-0.15, -0.1) is 0 Å². The Kier molecular flexibility index (Phi) is 8.10. The highest BCUT2D eigenvalue weighted by Crippen LogP contribution is 2.28. The number of carbonyl (C=O) groups is 1. The van der Waals surface area contributed by atoms with Crippen molar-refractivity contribution in [3.8, 4) is 5.75 Å². The van der Waals surface area contributed by atoms with Gasteiger partial charge in [0.1, 0.15) is 5.75 Å². The van der Waals surface area contributed by atoms with Crippen LogP contribution in [0.5, 0.6) is 5.75 Å². The SMILES string of the molecule is CC[C@H](Oc1ccccc1Cl)C(=O)NCCSC1CCCCC1. The molecule has 1 saturated carbocycles. The Balaban J connectivity index is 1.71. The molecular formula is C18H26ClNO2S. The van der Waals surface area contributed by atoms with E-state index < -0.39 is 6.10 Å². The Morgan fingerprint density at radius 3 is 2.78 bits per heavy atom. The fraction of sp³-hybridized carbons (Fsp3) is 0.611. The maximum absolute atomic E-state index is 12.3. The third-order valence-corrected chi connectivity index (χ3v) is 5.77. The maximum Gasteiger partial charge on any atom is 0.261 e. The molecule has 0 spiro atoms. The molecule has 0 radical (unpaired) electrons. The van der Waals surface area contributed by atoms with Gasteiger partial charge in [-0.1, -0.05) is 49.9 Å². The zero-order valence-electron chi connectivity index (χ0n) is 13.7. The van der Waals surface area contributed by atoms with E-state index in [0.717, 1.165) is 11.0 Å². The molecule has 2 rings (SSSR count). The van der Waals surface area contributed by atoms with Crippen LogP contribution in [0.2, 0.25) is 5.02 Å². The van der Waals surface area contributed by atoms with E-state index in [4.69, 9.17) is 16.3 Å². The van der Waals surface area contributed by atoms with E-state index in [2.05, 4.69) is 5.32 Å². The van der Waals surface area contributed by atoms with Gasteiger partial charge in [0.15, 0.2) is 6.10 Å². The summed E-state index contributed by atoms with van der Waals surface area (Å²) in [5, 5.41) is 4.30. The summed E-state index contributed by atoms with van der Waals surface area (Å²) < 4.78 is 5.75. The summed E-state index contributed by atoms with van der Waals surface area (Å²) in [4.78, 5) is 12.3. The lowest BCUT2D eigenvalue weighted by atomic mass is 10.0. The first-order valence-electron chi connectivity index (χ1n) is 8.51. The zero-order chi connectivity index (χ0) is 16.5. The molecule has 1 N–H and O–H groups in total. The van der Waals surface area contributed by atoms with E-state index in [0.29, 0.717) is 23.7 Å². The summed E-state index contributed by atoms with van der Waals surface area (Å²) in [6.07, 6.45) is 6.87. The Hall–Kier alpha value is -0.870. The van der Waals surface area contributed by atoms with Gasteiger partial charge >= 0.3 is 0 Å². The number of thioether (sulfide) groups is 1. The van der Waals surface area contributed by atoms with Gasteiger partial charge in [0.05, 0.1) is 5.02 Å². The van der Waals surface area contributed by atoms with E-state index in [-0.39, 0.29) is 5.91 Å². The van der Waals surface area contributed by atoms with Crippen LogP contribution in [0.15, 0.2) is 24.3 Å². The summed E-state index contributed by atoms with van der Waals surface area (Å²) in [7, 11) is 0. The second-order valence-electron chi connectivity index (χ2n) is 5.87. The van der Waals surface area contributed by atoms with E-state index in [1.807, 2.05) is 30.8 Å². The number of hydrogen-bond donors (Lipinski definition) is 1. The van der Waals surface area contributed by atoms with Gasteiger partial charge in [-0.2, -0.15) is 11.8 Å². The summed E-state index contributed by atoms with van der Waals surface area (Å²) in [5.74, 6) is 1.48. The molecule has 1 aliphatic rings. The van der Waals surface area contributed by atoms with Crippen molar-refractivity contribution >= 4 is 29.3 Å². The lowest BCUT2D eigenvalue weighted by Gasteiger charge is -2.21. The molecule has 0 saturated heterocycles. The monoisotopic (exact) mass is 355 g/mol. The number of halogens is 1. The quantitative estimate of drug-likeness (QED) is 0.688. The summed E-state index contributed by atoms with van der Waals surface area (Å²) in [5.41, 5.74) is 0. The molecule has 0 heterocycles. The first-order valence-corrected chi connectivity index (χ1v) is 9.94. The minimum absolute atomic E-state index is 0.0586. The number of benzene rings is 1. The van der Waals surface area contributed by atoms with Crippen molar-refractivity contribution in [1.82, 2.24) is 5.32 Å². The molecule has 1 amide bonds.